The summed E-state index contributed by atoms with van der Waals surface area (Å²) in [5.41, 5.74) is 1.21. The van der Waals surface area contributed by atoms with Crippen LogP contribution in [0.25, 0.3) is 0 Å². The molecule has 28 heavy (non-hydrogen) atoms. The van der Waals surface area contributed by atoms with Gasteiger partial charge in [0.15, 0.2) is 0 Å². The van der Waals surface area contributed by atoms with Crippen LogP contribution >= 0.6 is 11.6 Å². The Balaban J connectivity index is 2.08. The summed E-state index contributed by atoms with van der Waals surface area (Å²) in [4.78, 5) is 12.7. The van der Waals surface area contributed by atoms with Crippen LogP contribution in [-0.4, -0.2) is 38.3 Å². The quantitative estimate of drug-likeness (QED) is 0.731. The fourth-order valence-electron chi connectivity index (χ4n) is 2.63. The molecular formula is C21H27ClN2O3S. The molecule has 2 aromatic carbocycles. The molecule has 152 valence electrons. The van der Waals surface area contributed by atoms with Gasteiger partial charge in [0.1, 0.15) is 0 Å². The van der Waals surface area contributed by atoms with E-state index in [0.717, 1.165) is 5.56 Å². The fourth-order valence-corrected chi connectivity index (χ4v) is 4.12. The number of sulfonamides is 1. The summed E-state index contributed by atoms with van der Waals surface area (Å²) < 4.78 is 26.3. The molecule has 0 radical (unpaired) electrons. The minimum absolute atomic E-state index is 0.150. The molecule has 2 rings (SSSR count). The molecule has 0 saturated carbocycles. The molecule has 0 unspecified atom stereocenters. The van der Waals surface area contributed by atoms with Gasteiger partial charge in [0, 0.05) is 35.6 Å². The smallest absolute Gasteiger partial charge is 0.251 e. The highest BCUT2D eigenvalue weighted by molar-refractivity contribution is 7.89. The van der Waals surface area contributed by atoms with Crippen molar-refractivity contribution in [1.29, 1.82) is 0 Å². The van der Waals surface area contributed by atoms with Crippen molar-refractivity contribution < 1.29 is 13.2 Å². The first-order valence-electron chi connectivity index (χ1n) is 9.07. The lowest BCUT2D eigenvalue weighted by Gasteiger charge is -2.26. The van der Waals surface area contributed by atoms with Gasteiger partial charge in [-0.1, -0.05) is 37.6 Å². The number of nitrogens with zero attached hydrogens (tertiary/aromatic N) is 1. The standard InChI is InChI=1S/C21H27ClN2O3S/c1-15(2)24(5)28(26,27)19-12-6-16(7-13-19)20(25)23-14-21(3,4)17-8-10-18(22)11-9-17/h6-13,15H,14H2,1-5H3,(H,23,25). The van der Waals surface area contributed by atoms with Gasteiger partial charge in [-0.2, -0.15) is 4.31 Å². The second-order valence-corrected chi connectivity index (χ2v) is 10.1. The topological polar surface area (TPSA) is 66.5 Å². The minimum Gasteiger partial charge on any atom is -0.351 e. The van der Waals surface area contributed by atoms with E-state index in [4.69, 9.17) is 11.6 Å². The van der Waals surface area contributed by atoms with Crippen LogP contribution in [0.15, 0.2) is 53.4 Å². The number of hydrogen-bond donors (Lipinski definition) is 1. The molecule has 0 aliphatic heterocycles. The van der Waals surface area contributed by atoms with Crippen LogP contribution in [0.4, 0.5) is 0 Å². The Labute approximate surface area is 172 Å². The zero-order chi connectivity index (χ0) is 21.1. The third-order valence-corrected chi connectivity index (χ3v) is 7.14. The van der Waals surface area contributed by atoms with E-state index in [1.54, 1.807) is 7.05 Å². The highest BCUT2D eigenvalue weighted by Gasteiger charge is 2.24. The summed E-state index contributed by atoms with van der Waals surface area (Å²) in [6.45, 7) is 8.12. The maximum atomic E-state index is 12.5. The number of nitrogens with one attached hydrogen (secondary N) is 1. The molecule has 1 amide bonds. The molecule has 2 aromatic rings. The number of carbonyl (C=O) groups excluding carboxylic acids is 1. The average Bonchev–Trinajstić information content (AvgIpc) is 2.65. The Morgan fingerprint density at radius 1 is 1.07 bits per heavy atom. The highest BCUT2D eigenvalue weighted by Crippen LogP contribution is 2.24. The first-order valence-corrected chi connectivity index (χ1v) is 10.9. The molecule has 1 N–H and O–H groups in total. The number of benzene rings is 2. The van der Waals surface area contributed by atoms with Crippen LogP contribution in [0.2, 0.25) is 5.02 Å². The second-order valence-electron chi connectivity index (χ2n) is 7.71. The Bertz CT molecular complexity index is 921. The SMILES string of the molecule is CC(C)N(C)S(=O)(=O)c1ccc(C(=O)NCC(C)(C)c2ccc(Cl)cc2)cc1. The predicted octanol–water partition coefficient (Wildman–Crippen LogP) is 4.08. The van der Waals surface area contributed by atoms with Crippen molar-refractivity contribution in [3.63, 3.8) is 0 Å². The van der Waals surface area contributed by atoms with Crippen LogP contribution in [0, 0.1) is 0 Å². The third kappa shape index (κ3) is 5.13. The molecule has 7 heteroatoms. The van der Waals surface area contributed by atoms with E-state index >= 15 is 0 Å². The Morgan fingerprint density at radius 3 is 2.11 bits per heavy atom. The van der Waals surface area contributed by atoms with Gasteiger partial charge < -0.3 is 5.32 Å². The van der Waals surface area contributed by atoms with Crippen LogP contribution in [0.5, 0.6) is 0 Å². The normalized spacial score (nSPS) is 12.4. The van der Waals surface area contributed by atoms with Gasteiger partial charge in [0.2, 0.25) is 10.0 Å². The first-order chi connectivity index (χ1) is 12.9. The molecule has 0 heterocycles. The molecule has 0 atom stereocenters. The third-order valence-electron chi connectivity index (χ3n) is 4.84. The minimum atomic E-state index is -3.56. The average molecular weight is 423 g/mol. The van der Waals surface area contributed by atoms with Crippen molar-refractivity contribution in [3.8, 4) is 0 Å². The Kier molecular flexibility index (Phi) is 6.91. The molecule has 0 aliphatic carbocycles. The highest BCUT2D eigenvalue weighted by atomic mass is 35.5. The summed E-state index contributed by atoms with van der Waals surface area (Å²) in [6, 6.07) is 13.4. The van der Waals surface area contributed by atoms with E-state index < -0.39 is 10.0 Å². The van der Waals surface area contributed by atoms with Crippen molar-refractivity contribution in [2.75, 3.05) is 13.6 Å². The van der Waals surface area contributed by atoms with Gasteiger partial charge in [0.25, 0.3) is 5.91 Å². The summed E-state index contributed by atoms with van der Waals surface area (Å²) in [6.07, 6.45) is 0. The number of rotatable bonds is 7. The van der Waals surface area contributed by atoms with E-state index in [1.807, 2.05) is 52.0 Å². The van der Waals surface area contributed by atoms with Crippen molar-refractivity contribution >= 4 is 27.5 Å². The lowest BCUT2D eigenvalue weighted by atomic mass is 9.84. The summed E-state index contributed by atoms with van der Waals surface area (Å²) >= 11 is 5.94. The van der Waals surface area contributed by atoms with Gasteiger partial charge in [-0.15, -0.1) is 0 Å². The number of halogens is 1. The molecule has 0 saturated heterocycles. The van der Waals surface area contributed by atoms with E-state index in [9.17, 15) is 13.2 Å². The molecule has 0 aliphatic rings. The van der Waals surface area contributed by atoms with E-state index in [0.29, 0.717) is 17.1 Å². The van der Waals surface area contributed by atoms with Crippen LogP contribution in [0.3, 0.4) is 0 Å². The summed E-state index contributed by atoms with van der Waals surface area (Å²) in [5, 5.41) is 3.59. The number of carbonyl (C=O) groups is 1. The maximum Gasteiger partial charge on any atom is 0.251 e. The Morgan fingerprint density at radius 2 is 1.61 bits per heavy atom. The van der Waals surface area contributed by atoms with Gasteiger partial charge in [-0.05, 0) is 55.8 Å². The number of hydrogen-bond acceptors (Lipinski definition) is 3. The van der Waals surface area contributed by atoms with Crippen molar-refractivity contribution in [2.45, 2.75) is 44.0 Å². The molecule has 0 fully saturated rings. The van der Waals surface area contributed by atoms with Crippen LogP contribution < -0.4 is 5.32 Å². The molecular weight excluding hydrogens is 396 g/mol. The largest absolute Gasteiger partial charge is 0.351 e. The van der Waals surface area contributed by atoms with Crippen LogP contribution in [0.1, 0.15) is 43.6 Å². The van der Waals surface area contributed by atoms with Gasteiger partial charge in [-0.25, -0.2) is 8.42 Å². The van der Waals surface area contributed by atoms with Gasteiger partial charge >= 0.3 is 0 Å². The molecule has 0 spiro atoms. The second kappa shape index (κ2) is 8.64. The van der Waals surface area contributed by atoms with E-state index in [-0.39, 0.29) is 22.3 Å². The molecule has 0 bridgehead atoms. The number of amides is 1. The van der Waals surface area contributed by atoms with Gasteiger partial charge in [-0.3, -0.25) is 4.79 Å². The maximum absolute atomic E-state index is 12.5. The lowest BCUT2D eigenvalue weighted by molar-refractivity contribution is 0.0945. The monoisotopic (exact) mass is 422 g/mol. The van der Waals surface area contributed by atoms with E-state index in [2.05, 4.69) is 5.32 Å². The zero-order valence-corrected chi connectivity index (χ0v) is 18.4. The Hall–Kier alpha value is -1.89. The van der Waals surface area contributed by atoms with Crippen molar-refractivity contribution in [1.82, 2.24) is 9.62 Å². The summed E-state index contributed by atoms with van der Waals surface area (Å²) in [5.74, 6) is -0.247. The van der Waals surface area contributed by atoms with Gasteiger partial charge in [0.05, 0.1) is 4.90 Å². The molecule has 5 nitrogen and oxygen atoms in total. The molecule has 0 aromatic heterocycles. The summed E-state index contributed by atoms with van der Waals surface area (Å²) in [7, 11) is -2.02. The predicted molar refractivity (Wildman–Crippen MR) is 113 cm³/mol. The van der Waals surface area contributed by atoms with E-state index in [1.165, 1.54) is 28.6 Å². The lowest BCUT2D eigenvalue weighted by Crippen LogP contribution is -2.36. The van der Waals surface area contributed by atoms with Crippen molar-refractivity contribution in [3.05, 3.63) is 64.7 Å². The van der Waals surface area contributed by atoms with Crippen LogP contribution in [-0.2, 0) is 15.4 Å². The van der Waals surface area contributed by atoms with Crippen molar-refractivity contribution in [2.24, 2.45) is 0 Å². The fraction of sp³-hybridized carbons (Fsp3) is 0.381. The first kappa shape index (κ1) is 22.4. The zero-order valence-electron chi connectivity index (χ0n) is 16.9.